The van der Waals surface area contributed by atoms with Crippen molar-refractivity contribution in [3.05, 3.63) is 36.0 Å². The lowest BCUT2D eigenvalue weighted by molar-refractivity contribution is -0.0202. The lowest BCUT2D eigenvalue weighted by atomic mass is 9.84. The number of hydrogen-bond acceptors (Lipinski definition) is 2. The monoisotopic (exact) mass is 230 g/mol. The standard InChI is InChI=1S/C14H18N2O/c1-16-8-5-14(17,6-9-16)12-2-3-13-11(10-12)4-7-15-13/h2-4,7,10,15,17H,5-6,8-9H2,1H3. The number of benzene rings is 1. The number of rotatable bonds is 1. The van der Waals surface area contributed by atoms with Gasteiger partial charge in [-0.15, -0.1) is 0 Å². The van der Waals surface area contributed by atoms with E-state index in [1.54, 1.807) is 0 Å². The van der Waals surface area contributed by atoms with Gasteiger partial charge in [0.25, 0.3) is 0 Å². The van der Waals surface area contributed by atoms with Crippen LogP contribution in [0.2, 0.25) is 0 Å². The lowest BCUT2D eigenvalue weighted by Crippen LogP contribution is -2.40. The minimum atomic E-state index is -0.641. The highest BCUT2D eigenvalue weighted by atomic mass is 16.3. The summed E-state index contributed by atoms with van der Waals surface area (Å²) in [6.07, 6.45) is 3.58. The summed E-state index contributed by atoms with van der Waals surface area (Å²) in [6, 6.07) is 8.26. The number of aromatic amines is 1. The summed E-state index contributed by atoms with van der Waals surface area (Å²) in [7, 11) is 2.11. The first-order chi connectivity index (χ1) is 8.17. The van der Waals surface area contributed by atoms with E-state index in [1.807, 2.05) is 12.3 Å². The van der Waals surface area contributed by atoms with Crippen molar-refractivity contribution >= 4 is 10.9 Å². The Morgan fingerprint density at radius 3 is 2.76 bits per heavy atom. The third-order valence-electron chi connectivity index (χ3n) is 3.90. The van der Waals surface area contributed by atoms with Crippen LogP contribution in [0.1, 0.15) is 18.4 Å². The minimum Gasteiger partial charge on any atom is -0.385 e. The van der Waals surface area contributed by atoms with Gasteiger partial charge in [0, 0.05) is 24.8 Å². The first-order valence-corrected chi connectivity index (χ1v) is 6.16. The van der Waals surface area contributed by atoms with Crippen LogP contribution in [-0.2, 0) is 5.60 Å². The molecule has 3 rings (SSSR count). The summed E-state index contributed by atoms with van der Waals surface area (Å²) >= 11 is 0. The molecule has 0 bridgehead atoms. The molecule has 1 saturated heterocycles. The normalized spacial score (nSPS) is 20.8. The molecule has 1 aromatic carbocycles. The maximum absolute atomic E-state index is 10.7. The van der Waals surface area contributed by atoms with Crippen molar-refractivity contribution in [1.29, 1.82) is 0 Å². The second-order valence-electron chi connectivity index (χ2n) is 5.11. The van der Waals surface area contributed by atoms with Gasteiger partial charge in [-0.1, -0.05) is 6.07 Å². The molecule has 0 spiro atoms. The van der Waals surface area contributed by atoms with Gasteiger partial charge in [-0.25, -0.2) is 0 Å². The number of piperidine rings is 1. The molecule has 3 heteroatoms. The molecule has 3 nitrogen and oxygen atoms in total. The van der Waals surface area contributed by atoms with Crippen molar-refractivity contribution in [2.24, 2.45) is 0 Å². The first kappa shape index (κ1) is 10.8. The van der Waals surface area contributed by atoms with E-state index >= 15 is 0 Å². The van der Waals surface area contributed by atoms with Crippen LogP contribution in [0.3, 0.4) is 0 Å². The zero-order valence-electron chi connectivity index (χ0n) is 10.1. The number of H-pyrrole nitrogens is 1. The zero-order valence-corrected chi connectivity index (χ0v) is 10.1. The number of likely N-dealkylation sites (tertiary alicyclic amines) is 1. The topological polar surface area (TPSA) is 39.3 Å². The van der Waals surface area contributed by atoms with Crippen LogP contribution < -0.4 is 0 Å². The van der Waals surface area contributed by atoms with E-state index in [4.69, 9.17) is 0 Å². The van der Waals surface area contributed by atoms with Crippen molar-refractivity contribution in [3.8, 4) is 0 Å². The van der Waals surface area contributed by atoms with E-state index in [1.165, 1.54) is 5.39 Å². The molecule has 2 N–H and O–H groups in total. The molecule has 0 unspecified atom stereocenters. The van der Waals surface area contributed by atoms with Crippen molar-refractivity contribution in [3.63, 3.8) is 0 Å². The van der Waals surface area contributed by atoms with Crippen LogP contribution in [0.5, 0.6) is 0 Å². The van der Waals surface area contributed by atoms with Crippen molar-refractivity contribution in [1.82, 2.24) is 9.88 Å². The molecule has 1 aliphatic rings. The van der Waals surface area contributed by atoms with E-state index in [2.05, 4.69) is 35.1 Å². The molecule has 1 fully saturated rings. The number of aliphatic hydroxyl groups is 1. The van der Waals surface area contributed by atoms with Crippen molar-refractivity contribution in [2.75, 3.05) is 20.1 Å². The summed E-state index contributed by atoms with van der Waals surface area (Å²) < 4.78 is 0. The number of hydrogen-bond donors (Lipinski definition) is 2. The molecule has 2 aromatic rings. The van der Waals surface area contributed by atoms with Crippen LogP contribution in [0, 0.1) is 0 Å². The molecule has 0 saturated carbocycles. The second-order valence-corrected chi connectivity index (χ2v) is 5.11. The molecule has 17 heavy (non-hydrogen) atoms. The fraction of sp³-hybridized carbons (Fsp3) is 0.429. The first-order valence-electron chi connectivity index (χ1n) is 6.16. The zero-order chi connectivity index (χ0) is 11.9. The fourth-order valence-corrected chi connectivity index (χ4v) is 2.62. The van der Waals surface area contributed by atoms with E-state index in [9.17, 15) is 5.11 Å². The van der Waals surface area contributed by atoms with Gasteiger partial charge < -0.3 is 15.0 Å². The van der Waals surface area contributed by atoms with Gasteiger partial charge in [0.1, 0.15) is 0 Å². The average Bonchev–Trinajstić information content (AvgIpc) is 2.80. The maximum atomic E-state index is 10.7. The quantitative estimate of drug-likeness (QED) is 0.787. The van der Waals surface area contributed by atoms with Gasteiger partial charge in [0.05, 0.1) is 5.60 Å². The third-order valence-corrected chi connectivity index (χ3v) is 3.90. The third kappa shape index (κ3) is 1.85. The summed E-state index contributed by atoms with van der Waals surface area (Å²) in [6.45, 7) is 1.92. The molecule has 1 aromatic heterocycles. The van der Waals surface area contributed by atoms with Crippen LogP contribution in [0.4, 0.5) is 0 Å². The van der Waals surface area contributed by atoms with E-state index in [-0.39, 0.29) is 0 Å². The van der Waals surface area contributed by atoms with Gasteiger partial charge in [-0.3, -0.25) is 0 Å². The van der Waals surface area contributed by atoms with Crippen molar-refractivity contribution < 1.29 is 5.11 Å². The van der Waals surface area contributed by atoms with E-state index in [0.717, 1.165) is 37.0 Å². The fourth-order valence-electron chi connectivity index (χ4n) is 2.62. The van der Waals surface area contributed by atoms with Crippen LogP contribution in [-0.4, -0.2) is 35.1 Å². The highest BCUT2D eigenvalue weighted by Gasteiger charge is 2.32. The van der Waals surface area contributed by atoms with Crippen LogP contribution >= 0.6 is 0 Å². The molecule has 0 radical (unpaired) electrons. The van der Waals surface area contributed by atoms with E-state index < -0.39 is 5.60 Å². The summed E-state index contributed by atoms with van der Waals surface area (Å²) in [5, 5.41) is 11.9. The molecule has 90 valence electrons. The van der Waals surface area contributed by atoms with Crippen molar-refractivity contribution in [2.45, 2.75) is 18.4 Å². The molecule has 0 aliphatic carbocycles. The molecule has 1 aliphatic heterocycles. The Bertz CT molecular complexity index is 524. The van der Waals surface area contributed by atoms with Gasteiger partial charge in [-0.2, -0.15) is 0 Å². The molecular weight excluding hydrogens is 212 g/mol. The Morgan fingerprint density at radius 2 is 2.00 bits per heavy atom. The molecule has 2 heterocycles. The number of nitrogens with one attached hydrogen (secondary N) is 1. The summed E-state index contributed by atoms with van der Waals surface area (Å²) in [5.41, 5.74) is 1.54. The SMILES string of the molecule is CN1CCC(O)(c2ccc3[nH]ccc3c2)CC1. The second kappa shape index (κ2) is 3.86. The van der Waals surface area contributed by atoms with Crippen LogP contribution in [0.25, 0.3) is 10.9 Å². The number of fused-ring (bicyclic) bond motifs is 1. The summed E-state index contributed by atoms with van der Waals surface area (Å²) in [4.78, 5) is 5.45. The highest BCUT2D eigenvalue weighted by molar-refractivity contribution is 5.80. The largest absolute Gasteiger partial charge is 0.385 e. The van der Waals surface area contributed by atoms with Gasteiger partial charge in [0.2, 0.25) is 0 Å². The Morgan fingerprint density at radius 1 is 1.24 bits per heavy atom. The van der Waals surface area contributed by atoms with E-state index in [0.29, 0.717) is 0 Å². The smallest absolute Gasteiger partial charge is 0.0921 e. The Hall–Kier alpha value is -1.32. The number of nitrogens with zero attached hydrogens (tertiary/aromatic N) is 1. The molecular formula is C14H18N2O. The number of aromatic nitrogens is 1. The summed E-state index contributed by atoms with van der Waals surface area (Å²) in [5.74, 6) is 0. The predicted molar refractivity (Wildman–Crippen MR) is 68.9 cm³/mol. The Balaban J connectivity index is 1.96. The lowest BCUT2D eigenvalue weighted by Gasteiger charge is -2.37. The molecule has 0 atom stereocenters. The average molecular weight is 230 g/mol. The predicted octanol–water partition coefficient (Wildman–Crippen LogP) is 2.08. The Labute approximate surface area is 101 Å². The molecule has 0 amide bonds. The minimum absolute atomic E-state index is 0.641. The maximum Gasteiger partial charge on any atom is 0.0921 e. The highest BCUT2D eigenvalue weighted by Crippen LogP contribution is 2.33. The van der Waals surface area contributed by atoms with Crippen LogP contribution in [0.15, 0.2) is 30.5 Å². The van der Waals surface area contributed by atoms with Gasteiger partial charge in [-0.05, 0) is 49.0 Å². The Kier molecular flexibility index (Phi) is 2.45. The van der Waals surface area contributed by atoms with Gasteiger partial charge >= 0.3 is 0 Å². The van der Waals surface area contributed by atoms with Gasteiger partial charge in [0.15, 0.2) is 0 Å².